The summed E-state index contributed by atoms with van der Waals surface area (Å²) in [6, 6.07) is 2.29. The second-order valence-electron chi connectivity index (χ2n) is 4.89. The summed E-state index contributed by atoms with van der Waals surface area (Å²) >= 11 is 5.46. The molecular formula is C12H13ClF3NO2S. The number of nitrogens with one attached hydrogen (secondary N) is 1. The molecule has 1 aliphatic rings. The second kappa shape index (κ2) is 5.20. The maximum absolute atomic E-state index is 12.7. The Bertz CT molecular complexity index is 612. The minimum atomic E-state index is -4.69. The molecule has 0 amide bonds. The summed E-state index contributed by atoms with van der Waals surface area (Å²) in [6.45, 7) is 1.70. The lowest BCUT2D eigenvalue weighted by Gasteiger charge is -2.15. The molecule has 20 heavy (non-hydrogen) atoms. The molecule has 1 atom stereocenters. The Labute approximate surface area is 120 Å². The topological polar surface area (TPSA) is 46.2 Å². The van der Waals surface area contributed by atoms with Crippen molar-refractivity contribution in [3.63, 3.8) is 0 Å². The van der Waals surface area contributed by atoms with Crippen LogP contribution in [0.2, 0.25) is 5.02 Å². The van der Waals surface area contributed by atoms with Crippen molar-refractivity contribution in [2.24, 2.45) is 5.92 Å². The lowest BCUT2D eigenvalue weighted by Crippen LogP contribution is -2.34. The number of rotatable bonds is 4. The predicted molar refractivity (Wildman–Crippen MR) is 69.0 cm³/mol. The van der Waals surface area contributed by atoms with Crippen LogP contribution in [-0.2, 0) is 16.2 Å². The fourth-order valence-electron chi connectivity index (χ4n) is 1.89. The van der Waals surface area contributed by atoms with Crippen molar-refractivity contribution in [2.75, 3.05) is 0 Å². The molecule has 0 radical (unpaired) electrons. The smallest absolute Gasteiger partial charge is 0.208 e. The van der Waals surface area contributed by atoms with Crippen LogP contribution in [0.25, 0.3) is 0 Å². The molecule has 0 spiro atoms. The highest BCUT2D eigenvalue weighted by Gasteiger charge is 2.35. The number of alkyl halides is 3. The normalized spacial score (nSPS) is 18.1. The molecule has 1 aromatic carbocycles. The fraction of sp³-hybridized carbons (Fsp3) is 0.500. The number of sulfonamides is 1. The van der Waals surface area contributed by atoms with Gasteiger partial charge in [0.25, 0.3) is 0 Å². The van der Waals surface area contributed by atoms with Crippen molar-refractivity contribution in [3.05, 3.63) is 28.8 Å². The molecule has 1 N–H and O–H groups in total. The van der Waals surface area contributed by atoms with E-state index in [2.05, 4.69) is 4.72 Å². The van der Waals surface area contributed by atoms with Crippen LogP contribution in [0.1, 0.15) is 25.3 Å². The molecule has 1 unspecified atom stereocenters. The van der Waals surface area contributed by atoms with Crippen LogP contribution in [-0.4, -0.2) is 14.5 Å². The average molecular weight is 328 g/mol. The van der Waals surface area contributed by atoms with Crippen molar-refractivity contribution in [3.8, 4) is 0 Å². The van der Waals surface area contributed by atoms with Crippen LogP contribution >= 0.6 is 11.6 Å². The van der Waals surface area contributed by atoms with Gasteiger partial charge in [0.15, 0.2) is 0 Å². The SMILES string of the molecule is CC(NS(=O)(=O)c1ccc(Cl)c(C(F)(F)F)c1)C1CC1. The number of halogens is 4. The van der Waals surface area contributed by atoms with Gasteiger partial charge in [-0.2, -0.15) is 13.2 Å². The van der Waals surface area contributed by atoms with Gasteiger partial charge in [0.1, 0.15) is 0 Å². The summed E-state index contributed by atoms with van der Waals surface area (Å²) in [5, 5.41) is -0.522. The Morgan fingerprint density at radius 1 is 1.35 bits per heavy atom. The van der Waals surface area contributed by atoms with Crippen molar-refractivity contribution in [1.29, 1.82) is 0 Å². The van der Waals surface area contributed by atoms with Crippen molar-refractivity contribution in [1.82, 2.24) is 4.72 Å². The van der Waals surface area contributed by atoms with Gasteiger partial charge in [-0.05, 0) is 43.9 Å². The van der Waals surface area contributed by atoms with Gasteiger partial charge in [-0.15, -0.1) is 0 Å². The quantitative estimate of drug-likeness (QED) is 0.921. The van der Waals surface area contributed by atoms with Crippen LogP contribution in [0.3, 0.4) is 0 Å². The van der Waals surface area contributed by atoms with E-state index >= 15 is 0 Å². The second-order valence-corrected chi connectivity index (χ2v) is 7.01. The van der Waals surface area contributed by atoms with Crippen LogP contribution in [0.15, 0.2) is 23.1 Å². The summed E-state index contributed by atoms with van der Waals surface area (Å²) in [5.41, 5.74) is -1.15. The Balaban J connectivity index is 2.32. The van der Waals surface area contributed by atoms with E-state index in [0.717, 1.165) is 25.0 Å². The Morgan fingerprint density at radius 2 is 1.95 bits per heavy atom. The zero-order valence-corrected chi connectivity index (χ0v) is 12.1. The van der Waals surface area contributed by atoms with Crippen LogP contribution < -0.4 is 4.72 Å². The van der Waals surface area contributed by atoms with E-state index in [1.54, 1.807) is 6.92 Å². The Morgan fingerprint density at radius 3 is 2.45 bits per heavy atom. The van der Waals surface area contributed by atoms with Gasteiger partial charge in [-0.25, -0.2) is 13.1 Å². The van der Waals surface area contributed by atoms with Gasteiger partial charge in [-0.3, -0.25) is 0 Å². The molecule has 0 bridgehead atoms. The first kappa shape index (κ1) is 15.6. The van der Waals surface area contributed by atoms with E-state index in [4.69, 9.17) is 11.6 Å². The third-order valence-electron chi connectivity index (χ3n) is 3.22. The third kappa shape index (κ3) is 3.45. The molecule has 2 rings (SSSR count). The van der Waals surface area contributed by atoms with Gasteiger partial charge in [0.2, 0.25) is 10.0 Å². The molecule has 0 aliphatic heterocycles. The van der Waals surface area contributed by atoms with Crippen molar-refractivity contribution >= 4 is 21.6 Å². The molecule has 1 saturated carbocycles. The largest absolute Gasteiger partial charge is 0.417 e. The third-order valence-corrected chi connectivity index (χ3v) is 5.11. The highest BCUT2D eigenvalue weighted by molar-refractivity contribution is 7.89. The molecule has 0 heterocycles. The van der Waals surface area contributed by atoms with E-state index in [0.29, 0.717) is 6.07 Å². The van der Waals surface area contributed by atoms with E-state index in [-0.39, 0.29) is 12.0 Å². The summed E-state index contributed by atoms with van der Waals surface area (Å²) in [6.07, 6.45) is -2.83. The number of hydrogen-bond acceptors (Lipinski definition) is 2. The molecule has 1 aliphatic carbocycles. The number of hydrogen-bond donors (Lipinski definition) is 1. The van der Waals surface area contributed by atoms with Crippen LogP contribution in [0.5, 0.6) is 0 Å². The molecule has 0 aromatic heterocycles. The number of benzene rings is 1. The Hall–Kier alpha value is -0.790. The van der Waals surface area contributed by atoms with Crippen LogP contribution in [0, 0.1) is 5.92 Å². The van der Waals surface area contributed by atoms with Gasteiger partial charge in [0, 0.05) is 6.04 Å². The summed E-state index contributed by atoms with van der Waals surface area (Å²) in [7, 11) is -3.97. The zero-order chi connectivity index (χ0) is 15.1. The van der Waals surface area contributed by atoms with Gasteiger partial charge in [0.05, 0.1) is 15.5 Å². The molecule has 0 saturated heterocycles. The van der Waals surface area contributed by atoms with E-state index in [1.807, 2.05) is 0 Å². The van der Waals surface area contributed by atoms with E-state index < -0.39 is 31.7 Å². The molecule has 1 fully saturated rings. The average Bonchev–Trinajstić information content (AvgIpc) is 3.10. The predicted octanol–water partition coefficient (Wildman–Crippen LogP) is 3.44. The standard InChI is InChI=1S/C12H13ClF3NO2S/c1-7(8-2-3-8)17-20(18,19)9-4-5-11(13)10(6-9)12(14,15)16/h4-8,17H,2-3H2,1H3. The fourth-order valence-corrected chi connectivity index (χ4v) is 3.46. The molecule has 3 nitrogen and oxygen atoms in total. The highest BCUT2D eigenvalue weighted by Crippen LogP contribution is 2.36. The van der Waals surface area contributed by atoms with Crippen LogP contribution in [0.4, 0.5) is 13.2 Å². The van der Waals surface area contributed by atoms with Crippen molar-refractivity contribution in [2.45, 2.75) is 36.9 Å². The molecular weight excluding hydrogens is 315 g/mol. The summed E-state index contributed by atoms with van der Waals surface area (Å²) in [4.78, 5) is -0.429. The summed E-state index contributed by atoms with van der Waals surface area (Å²) in [5.74, 6) is 0.263. The van der Waals surface area contributed by atoms with Gasteiger partial charge in [-0.1, -0.05) is 11.6 Å². The first-order valence-corrected chi connectivity index (χ1v) is 7.86. The lowest BCUT2D eigenvalue weighted by molar-refractivity contribution is -0.137. The zero-order valence-electron chi connectivity index (χ0n) is 10.5. The van der Waals surface area contributed by atoms with Crippen molar-refractivity contribution < 1.29 is 21.6 Å². The first-order chi connectivity index (χ1) is 9.11. The van der Waals surface area contributed by atoms with Gasteiger partial charge >= 0.3 is 6.18 Å². The molecule has 1 aromatic rings. The molecule has 8 heteroatoms. The maximum Gasteiger partial charge on any atom is 0.417 e. The summed E-state index contributed by atoms with van der Waals surface area (Å²) < 4.78 is 64.6. The monoisotopic (exact) mass is 327 g/mol. The minimum Gasteiger partial charge on any atom is -0.208 e. The first-order valence-electron chi connectivity index (χ1n) is 6.00. The molecule has 112 valence electrons. The van der Waals surface area contributed by atoms with E-state index in [9.17, 15) is 21.6 Å². The Kier molecular flexibility index (Phi) is 4.05. The van der Waals surface area contributed by atoms with E-state index in [1.165, 1.54) is 0 Å². The highest BCUT2D eigenvalue weighted by atomic mass is 35.5. The minimum absolute atomic E-state index is 0.263. The maximum atomic E-state index is 12.7. The lowest BCUT2D eigenvalue weighted by atomic mass is 10.2. The van der Waals surface area contributed by atoms with Gasteiger partial charge < -0.3 is 0 Å².